The lowest BCUT2D eigenvalue weighted by molar-refractivity contribution is -0.118. The summed E-state index contributed by atoms with van der Waals surface area (Å²) in [6.07, 6.45) is 1.41. The standard InChI is InChI=1S/C25H23ClFN3O4/c1-3-33-22-13-17(14-28-30-25(32)18-10-8-16(2)9-11-18)12-19(26)24(22)34-15-23(31)29-21-7-5-4-6-20(21)27/h4-14H,3,15H2,1-2H3,(H,29,31)(H,30,32). The largest absolute Gasteiger partial charge is 0.490 e. The molecule has 3 aromatic carbocycles. The summed E-state index contributed by atoms with van der Waals surface area (Å²) in [7, 11) is 0. The molecule has 0 aliphatic carbocycles. The van der Waals surface area contributed by atoms with Crippen LogP contribution in [0.2, 0.25) is 5.02 Å². The Morgan fingerprint density at radius 3 is 2.53 bits per heavy atom. The molecular formula is C25H23ClFN3O4. The monoisotopic (exact) mass is 483 g/mol. The Bertz CT molecular complexity index is 1200. The fourth-order valence-corrected chi connectivity index (χ4v) is 3.16. The highest BCUT2D eigenvalue weighted by Crippen LogP contribution is 2.36. The molecular weight excluding hydrogens is 461 g/mol. The molecule has 0 heterocycles. The first-order valence-corrected chi connectivity index (χ1v) is 10.8. The molecule has 9 heteroatoms. The molecule has 2 amide bonds. The molecule has 0 aromatic heterocycles. The van der Waals surface area contributed by atoms with E-state index in [4.69, 9.17) is 21.1 Å². The maximum atomic E-state index is 13.7. The number of hydrogen-bond acceptors (Lipinski definition) is 5. The van der Waals surface area contributed by atoms with E-state index in [9.17, 15) is 14.0 Å². The molecule has 0 saturated heterocycles. The van der Waals surface area contributed by atoms with Crippen LogP contribution in [0, 0.1) is 12.7 Å². The maximum Gasteiger partial charge on any atom is 0.271 e. The van der Waals surface area contributed by atoms with Crippen LogP contribution < -0.4 is 20.2 Å². The van der Waals surface area contributed by atoms with Gasteiger partial charge in [0.05, 0.1) is 23.5 Å². The molecule has 0 atom stereocenters. The molecule has 2 N–H and O–H groups in total. The molecule has 176 valence electrons. The Balaban J connectivity index is 1.66. The summed E-state index contributed by atoms with van der Waals surface area (Å²) in [6.45, 7) is 3.63. The molecule has 0 radical (unpaired) electrons. The number of nitrogens with zero attached hydrogens (tertiary/aromatic N) is 1. The second-order valence-corrected chi connectivity index (χ2v) is 7.55. The first-order valence-electron chi connectivity index (χ1n) is 10.4. The van der Waals surface area contributed by atoms with Gasteiger partial charge in [-0.1, -0.05) is 41.4 Å². The minimum atomic E-state index is -0.562. The second-order valence-electron chi connectivity index (χ2n) is 7.14. The van der Waals surface area contributed by atoms with Gasteiger partial charge in [0.1, 0.15) is 5.82 Å². The Morgan fingerprint density at radius 1 is 1.09 bits per heavy atom. The lowest BCUT2D eigenvalue weighted by Crippen LogP contribution is -2.21. The van der Waals surface area contributed by atoms with Crippen LogP contribution in [0.15, 0.2) is 65.8 Å². The number of aryl methyl sites for hydroxylation is 1. The third kappa shape index (κ3) is 6.79. The highest BCUT2D eigenvalue weighted by Gasteiger charge is 2.15. The molecule has 0 bridgehead atoms. The van der Waals surface area contributed by atoms with E-state index < -0.39 is 18.3 Å². The van der Waals surface area contributed by atoms with Gasteiger partial charge in [-0.05, 0) is 55.8 Å². The molecule has 0 spiro atoms. The lowest BCUT2D eigenvalue weighted by Gasteiger charge is -2.14. The van der Waals surface area contributed by atoms with Crippen molar-refractivity contribution < 1.29 is 23.5 Å². The molecule has 3 rings (SSSR count). The van der Waals surface area contributed by atoms with Crippen LogP contribution in [0.4, 0.5) is 10.1 Å². The van der Waals surface area contributed by atoms with Crippen molar-refractivity contribution in [2.45, 2.75) is 13.8 Å². The van der Waals surface area contributed by atoms with Crippen molar-refractivity contribution in [1.29, 1.82) is 0 Å². The zero-order valence-corrected chi connectivity index (χ0v) is 19.4. The van der Waals surface area contributed by atoms with Crippen molar-refractivity contribution >= 4 is 35.3 Å². The Labute approximate surface area is 201 Å². The van der Waals surface area contributed by atoms with E-state index in [1.165, 1.54) is 24.4 Å². The van der Waals surface area contributed by atoms with Crippen molar-refractivity contribution in [3.8, 4) is 11.5 Å². The minimum Gasteiger partial charge on any atom is -0.490 e. The van der Waals surface area contributed by atoms with Crippen LogP contribution >= 0.6 is 11.6 Å². The highest BCUT2D eigenvalue weighted by molar-refractivity contribution is 6.32. The predicted octanol–water partition coefficient (Wildman–Crippen LogP) is 4.97. The van der Waals surface area contributed by atoms with E-state index in [0.717, 1.165) is 5.56 Å². The van der Waals surface area contributed by atoms with Crippen LogP contribution in [-0.4, -0.2) is 31.2 Å². The Morgan fingerprint density at radius 2 is 1.82 bits per heavy atom. The number of amides is 2. The number of carbonyl (C=O) groups is 2. The Hall–Kier alpha value is -3.91. The van der Waals surface area contributed by atoms with Crippen molar-refractivity contribution in [2.75, 3.05) is 18.5 Å². The Kier molecular flexibility index (Phi) is 8.59. The van der Waals surface area contributed by atoms with Gasteiger partial charge in [-0.15, -0.1) is 0 Å². The number of halogens is 2. The quantitative estimate of drug-likeness (QED) is 0.332. The number of nitrogens with one attached hydrogen (secondary N) is 2. The fraction of sp³-hybridized carbons (Fsp3) is 0.160. The van der Waals surface area contributed by atoms with Gasteiger partial charge in [-0.2, -0.15) is 5.10 Å². The second kappa shape index (κ2) is 11.8. The van der Waals surface area contributed by atoms with Crippen LogP contribution in [0.5, 0.6) is 11.5 Å². The van der Waals surface area contributed by atoms with Gasteiger partial charge in [0.2, 0.25) is 0 Å². The van der Waals surface area contributed by atoms with Crippen molar-refractivity contribution in [1.82, 2.24) is 5.43 Å². The third-order valence-corrected chi connectivity index (χ3v) is 4.80. The van der Waals surface area contributed by atoms with Gasteiger partial charge in [-0.25, -0.2) is 9.82 Å². The van der Waals surface area contributed by atoms with Crippen molar-refractivity contribution in [2.24, 2.45) is 5.10 Å². The average Bonchev–Trinajstić information content (AvgIpc) is 2.80. The van der Waals surface area contributed by atoms with E-state index in [1.54, 1.807) is 37.3 Å². The SMILES string of the molecule is CCOc1cc(C=NNC(=O)c2ccc(C)cc2)cc(Cl)c1OCC(=O)Nc1ccccc1F. The van der Waals surface area contributed by atoms with Crippen LogP contribution in [0.1, 0.15) is 28.4 Å². The average molecular weight is 484 g/mol. The molecule has 7 nitrogen and oxygen atoms in total. The van der Waals surface area contributed by atoms with E-state index >= 15 is 0 Å². The number of carbonyl (C=O) groups excluding carboxylic acids is 2. The molecule has 34 heavy (non-hydrogen) atoms. The topological polar surface area (TPSA) is 89.0 Å². The minimum absolute atomic E-state index is 0.0477. The van der Waals surface area contributed by atoms with E-state index in [0.29, 0.717) is 23.5 Å². The van der Waals surface area contributed by atoms with Crippen LogP contribution in [-0.2, 0) is 4.79 Å². The summed E-state index contributed by atoms with van der Waals surface area (Å²) in [6, 6.07) is 16.1. The summed E-state index contributed by atoms with van der Waals surface area (Å²) in [4.78, 5) is 24.4. The van der Waals surface area contributed by atoms with Crippen LogP contribution in [0.3, 0.4) is 0 Å². The van der Waals surface area contributed by atoms with E-state index in [-0.39, 0.29) is 22.4 Å². The lowest BCUT2D eigenvalue weighted by atomic mass is 10.1. The van der Waals surface area contributed by atoms with Gasteiger partial charge in [0.15, 0.2) is 18.1 Å². The molecule has 0 aliphatic heterocycles. The van der Waals surface area contributed by atoms with Crippen molar-refractivity contribution in [3.05, 3.63) is 88.2 Å². The highest BCUT2D eigenvalue weighted by atomic mass is 35.5. The first kappa shape index (κ1) is 24.7. The summed E-state index contributed by atoms with van der Waals surface area (Å²) in [5, 5.41) is 6.57. The van der Waals surface area contributed by atoms with Crippen molar-refractivity contribution in [3.63, 3.8) is 0 Å². The van der Waals surface area contributed by atoms with Gasteiger partial charge < -0.3 is 14.8 Å². The molecule has 0 unspecified atom stereocenters. The van der Waals surface area contributed by atoms with Gasteiger partial charge >= 0.3 is 0 Å². The number of hydrazone groups is 1. The summed E-state index contributed by atoms with van der Waals surface area (Å²) < 4.78 is 24.9. The normalized spacial score (nSPS) is 10.7. The molecule has 3 aromatic rings. The number of para-hydroxylation sites is 1. The first-order chi connectivity index (χ1) is 16.4. The number of hydrogen-bond donors (Lipinski definition) is 2. The number of anilines is 1. The molecule has 0 aliphatic rings. The fourth-order valence-electron chi connectivity index (χ4n) is 2.89. The van der Waals surface area contributed by atoms with Gasteiger partial charge in [0.25, 0.3) is 11.8 Å². The predicted molar refractivity (Wildman–Crippen MR) is 129 cm³/mol. The van der Waals surface area contributed by atoms with Gasteiger partial charge in [-0.3, -0.25) is 9.59 Å². The van der Waals surface area contributed by atoms with E-state index in [1.807, 2.05) is 19.1 Å². The summed E-state index contributed by atoms with van der Waals surface area (Å²) in [5.41, 5.74) is 4.57. The smallest absolute Gasteiger partial charge is 0.271 e. The molecule has 0 saturated carbocycles. The zero-order chi connectivity index (χ0) is 24.5. The van der Waals surface area contributed by atoms with Gasteiger partial charge in [0, 0.05) is 5.56 Å². The van der Waals surface area contributed by atoms with Crippen LogP contribution in [0.25, 0.3) is 0 Å². The number of ether oxygens (including phenoxy) is 2. The maximum absolute atomic E-state index is 13.7. The van der Waals surface area contributed by atoms with E-state index in [2.05, 4.69) is 15.8 Å². The third-order valence-electron chi connectivity index (χ3n) is 4.52. The molecule has 0 fully saturated rings. The number of benzene rings is 3. The number of rotatable bonds is 9. The summed E-state index contributed by atoms with van der Waals surface area (Å²) in [5.74, 6) is -1.02. The summed E-state index contributed by atoms with van der Waals surface area (Å²) >= 11 is 6.35. The zero-order valence-electron chi connectivity index (χ0n) is 18.6.